The van der Waals surface area contributed by atoms with E-state index in [0.29, 0.717) is 22.2 Å². The Bertz CT molecular complexity index is 581. The molecule has 2 aromatic rings. The van der Waals surface area contributed by atoms with Gasteiger partial charge in [-0.3, -0.25) is 4.79 Å². The van der Waals surface area contributed by atoms with Crippen LogP contribution in [-0.2, 0) is 6.54 Å². The number of hydrogen-bond acceptors (Lipinski definition) is 1. The van der Waals surface area contributed by atoms with Crippen LogP contribution in [0, 0.1) is 0 Å². The average Bonchev–Trinajstić information content (AvgIpc) is 2.41. The summed E-state index contributed by atoms with van der Waals surface area (Å²) in [7, 11) is 1.75. The predicted octanol–water partition coefficient (Wildman–Crippen LogP) is 4.27. The Kier molecular flexibility index (Phi) is 4.46. The Balaban J connectivity index is 2.12. The van der Waals surface area contributed by atoms with E-state index >= 15 is 0 Å². The number of amides is 1. The van der Waals surface area contributed by atoms with Crippen LogP contribution in [-0.4, -0.2) is 17.9 Å². The molecule has 2 rings (SSSR count). The van der Waals surface area contributed by atoms with Crippen molar-refractivity contribution < 1.29 is 4.79 Å². The summed E-state index contributed by atoms with van der Waals surface area (Å²) in [5, 5.41) is 1.28. The van der Waals surface area contributed by atoms with Gasteiger partial charge in [-0.1, -0.05) is 41.4 Å². The molecule has 0 aliphatic carbocycles. The molecule has 4 heteroatoms. The second-order valence-electron chi connectivity index (χ2n) is 4.26. The number of hydrogen-bond donors (Lipinski definition) is 0. The molecule has 0 aromatic heterocycles. The van der Waals surface area contributed by atoms with Crippen molar-refractivity contribution in [3.05, 3.63) is 69.7 Å². The number of benzene rings is 2. The van der Waals surface area contributed by atoms with Crippen LogP contribution in [0.15, 0.2) is 48.5 Å². The van der Waals surface area contributed by atoms with Gasteiger partial charge in [0.1, 0.15) is 0 Å². The number of carbonyl (C=O) groups excluding carboxylic acids is 1. The average molecular weight is 294 g/mol. The summed E-state index contributed by atoms with van der Waals surface area (Å²) in [6.45, 7) is 0.473. The van der Waals surface area contributed by atoms with E-state index in [0.717, 1.165) is 5.56 Å². The molecule has 0 saturated heterocycles. The summed E-state index contributed by atoms with van der Waals surface area (Å²) in [6, 6.07) is 14.3. The molecule has 0 spiro atoms. The quantitative estimate of drug-likeness (QED) is 0.828. The summed E-state index contributed by atoms with van der Waals surface area (Å²) >= 11 is 11.9. The van der Waals surface area contributed by atoms with Crippen LogP contribution in [0.1, 0.15) is 15.9 Å². The predicted molar refractivity (Wildman–Crippen MR) is 78.7 cm³/mol. The van der Waals surface area contributed by atoms with Crippen molar-refractivity contribution in [2.24, 2.45) is 0 Å². The highest BCUT2D eigenvalue weighted by molar-refractivity contribution is 6.31. The van der Waals surface area contributed by atoms with Gasteiger partial charge in [-0.25, -0.2) is 0 Å². The van der Waals surface area contributed by atoms with Gasteiger partial charge in [0.15, 0.2) is 0 Å². The molecule has 98 valence electrons. The SMILES string of the molecule is CN(Cc1ccccc1Cl)C(=O)c1ccc(Cl)cc1. The summed E-state index contributed by atoms with van der Waals surface area (Å²) < 4.78 is 0. The number of rotatable bonds is 3. The molecule has 0 saturated carbocycles. The summed E-state index contributed by atoms with van der Waals surface area (Å²) in [6.07, 6.45) is 0. The largest absolute Gasteiger partial charge is 0.337 e. The lowest BCUT2D eigenvalue weighted by molar-refractivity contribution is 0.0785. The van der Waals surface area contributed by atoms with E-state index in [4.69, 9.17) is 23.2 Å². The fraction of sp³-hybridized carbons (Fsp3) is 0.133. The summed E-state index contributed by atoms with van der Waals surface area (Å²) in [4.78, 5) is 13.8. The molecule has 0 unspecified atom stereocenters. The third-order valence-electron chi connectivity index (χ3n) is 2.80. The normalized spacial score (nSPS) is 10.3. The lowest BCUT2D eigenvalue weighted by Crippen LogP contribution is -2.26. The molecule has 0 fully saturated rings. The van der Waals surface area contributed by atoms with E-state index in [1.807, 2.05) is 24.3 Å². The molecule has 0 bridgehead atoms. The maximum atomic E-state index is 12.2. The summed E-state index contributed by atoms with van der Waals surface area (Å²) in [5.74, 6) is -0.0587. The number of halogens is 2. The summed E-state index contributed by atoms with van der Waals surface area (Å²) in [5.41, 5.74) is 1.54. The monoisotopic (exact) mass is 293 g/mol. The topological polar surface area (TPSA) is 20.3 Å². The molecular formula is C15H13Cl2NO. The van der Waals surface area contributed by atoms with Gasteiger partial charge in [-0.15, -0.1) is 0 Å². The zero-order valence-electron chi connectivity index (χ0n) is 10.4. The Morgan fingerprint density at radius 3 is 2.32 bits per heavy atom. The first kappa shape index (κ1) is 13.9. The number of carbonyl (C=O) groups is 1. The Morgan fingerprint density at radius 2 is 1.68 bits per heavy atom. The smallest absolute Gasteiger partial charge is 0.253 e. The number of nitrogens with zero attached hydrogens (tertiary/aromatic N) is 1. The van der Waals surface area contributed by atoms with Crippen molar-refractivity contribution in [1.82, 2.24) is 4.90 Å². The van der Waals surface area contributed by atoms with E-state index < -0.39 is 0 Å². The third-order valence-corrected chi connectivity index (χ3v) is 3.42. The van der Waals surface area contributed by atoms with Gasteiger partial charge in [0.25, 0.3) is 5.91 Å². The van der Waals surface area contributed by atoms with Gasteiger partial charge in [-0.05, 0) is 35.9 Å². The van der Waals surface area contributed by atoms with Crippen LogP contribution in [0.5, 0.6) is 0 Å². The van der Waals surface area contributed by atoms with E-state index in [1.165, 1.54) is 0 Å². The highest BCUT2D eigenvalue weighted by atomic mass is 35.5. The van der Waals surface area contributed by atoms with Crippen molar-refractivity contribution in [2.45, 2.75) is 6.54 Å². The fourth-order valence-corrected chi connectivity index (χ4v) is 2.09. The van der Waals surface area contributed by atoms with Crippen LogP contribution in [0.3, 0.4) is 0 Å². The second kappa shape index (κ2) is 6.09. The van der Waals surface area contributed by atoms with Gasteiger partial charge in [-0.2, -0.15) is 0 Å². The van der Waals surface area contributed by atoms with Crippen LogP contribution >= 0.6 is 23.2 Å². The Morgan fingerprint density at radius 1 is 1.05 bits per heavy atom. The zero-order valence-corrected chi connectivity index (χ0v) is 11.9. The molecule has 2 nitrogen and oxygen atoms in total. The first-order valence-corrected chi connectivity index (χ1v) is 6.58. The first-order chi connectivity index (χ1) is 9.08. The van der Waals surface area contributed by atoms with Crippen LogP contribution < -0.4 is 0 Å². The highest BCUT2D eigenvalue weighted by Crippen LogP contribution is 2.18. The lowest BCUT2D eigenvalue weighted by atomic mass is 10.1. The van der Waals surface area contributed by atoms with Gasteiger partial charge >= 0.3 is 0 Å². The van der Waals surface area contributed by atoms with Crippen molar-refractivity contribution >= 4 is 29.1 Å². The minimum Gasteiger partial charge on any atom is -0.337 e. The minimum absolute atomic E-state index is 0.0587. The zero-order chi connectivity index (χ0) is 13.8. The molecule has 0 N–H and O–H groups in total. The molecule has 0 aliphatic heterocycles. The van der Waals surface area contributed by atoms with Crippen LogP contribution in [0.4, 0.5) is 0 Å². The Labute approximate surface area is 122 Å². The van der Waals surface area contributed by atoms with Gasteiger partial charge in [0, 0.05) is 29.2 Å². The van der Waals surface area contributed by atoms with Crippen molar-refractivity contribution in [1.29, 1.82) is 0 Å². The highest BCUT2D eigenvalue weighted by Gasteiger charge is 2.12. The maximum absolute atomic E-state index is 12.2. The van der Waals surface area contributed by atoms with Crippen LogP contribution in [0.2, 0.25) is 10.0 Å². The Hall–Kier alpha value is -1.51. The van der Waals surface area contributed by atoms with E-state index in [1.54, 1.807) is 36.2 Å². The van der Waals surface area contributed by atoms with Gasteiger partial charge in [0.05, 0.1) is 0 Å². The van der Waals surface area contributed by atoms with Crippen molar-refractivity contribution in [2.75, 3.05) is 7.05 Å². The van der Waals surface area contributed by atoms with Crippen molar-refractivity contribution in [3.8, 4) is 0 Å². The fourth-order valence-electron chi connectivity index (χ4n) is 1.77. The maximum Gasteiger partial charge on any atom is 0.253 e. The third kappa shape index (κ3) is 3.49. The molecule has 0 heterocycles. The standard InChI is InChI=1S/C15H13Cl2NO/c1-18(10-12-4-2-3-5-14(12)17)15(19)11-6-8-13(16)9-7-11/h2-9H,10H2,1H3. The van der Waals surface area contributed by atoms with Crippen molar-refractivity contribution in [3.63, 3.8) is 0 Å². The van der Waals surface area contributed by atoms with Crippen LogP contribution in [0.25, 0.3) is 0 Å². The molecule has 19 heavy (non-hydrogen) atoms. The molecule has 1 amide bonds. The van der Waals surface area contributed by atoms with Gasteiger partial charge < -0.3 is 4.90 Å². The minimum atomic E-state index is -0.0587. The first-order valence-electron chi connectivity index (χ1n) is 5.82. The lowest BCUT2D eigenvalue weighted by Gasteiger charge is -2.18. The molecule has 0 atom stereocenters. The van der Waals surface area contributed by atoms with E-state index in [-0.39, 0.29) is 5.91 Å². The van der Waals surface area contributed by atoms with E-state index in [9.17, 15) is 4.79 Å². The molecular weight excluding hydrogens is 281 g/mol. The second-order valence-corrected chi connectivity index (χ2v) is 5.10. The molecule has 0 aliphatic rings. The molecule has 0 radical (unpaired) electrons. The van der Waals surface area contributed by atoms with Gasteiger partial charge in [0.2, 0.25) is 0 Å². The van der Waals surface area contributed by atoms with E-state index in [2.05, 4.69) is 0 Å². The molecule has 2 aromatic carbocycles.